The van der Waals surface area contributed by atoms with Crippen LogP contribution in [0.15, 0.2) is 6.07 Å². The smallest absolute Gasteiger partial charge is 0.308 e. The number of phenolic OH excluding ortho intramolecular Hbond substituents is 1. The van der Waals surface area contributed by atoms with E-state index in [0.29, 0.717) is 35.8 Å². The minimum Gasteiger partial charge on any atom is -0.504 e. The molecule has 38 heavy (non-hydrogen) atoms. The molecule has 5 atom stereocenters. The monoisotopic (exact) mass is 519 g/mol. The predicted molar refractivity (Wildman–Crippen MR) is 138 cm³/mol. The zero-order chi connectivity index (χ0) is 27.0. The van der Waals surface area contributed by atoms with Gasteiger partial charge in [0, 0.05) is 47.3 Å². The van der Waals surface area contributed by atoms with E-state index < -0.39 is 5.97 Å². The lowest BCUT2D eigenvalue weighted by atomic mass is 9.71. The highest BCUT2D eigenvalue weighted by Gasteiger charge is 2.56. The zero-order valence-corrected chi connectivity index (χ0v) is 22.6. The van der Waals surface area contributed by atoms with Crippen LogP contribution in [0.1, 0.15) is 65.7 Å². The molecule has 4 aliphatic rings. The molecular weight excluding hydrogens is 486 g/mol. The Hall–Kier alpha value is -3.48. The second-order valence-electron chi connectivity index (χ2n) is 10.8. The Bertz CT molecular complexity index is 1400. The average molecular weight is 520 g/mol. The van der Waals surface area contributed by atoms with Crippen molar-refractivity contribution in [2.75, 3.05) is 21.0 Å². The van der Waals surface area contributed by atoms with Crippen molar-refractivity contribution in [3.8, 4) is 34.8 Å². The van der Waals surface area contributed by atoms with Gasteiger partial charge in [0.15, 0.2) is 23.0 Å². The molecule has 1 saturated heterocycles. The molecule has 2 bridgehead atoms. The predicted octanol–water partition coefficient (Wildman–Crippen LogP) is 3.85. The van der Waals surface area contributed by atoms with E-state index in [1.165, 1.54) is 6.92 Å². The van der Waals surface area contributed by atoms with E-state index in [2.05, 4.69) is 28.9 Å². The standard InChI is InChI=1S/C29H33N3O6/c1-7-18-23-17(27(38-15(4)33)14(3)28-29(23)37-12-36-28)10-20-24-22-16(8-13(2)26(35-6)25(22)34)9-19(31(24)5)21(11-30)32(18)20/h8,18-21,24,34H,7,9-10,12H2,1-6H3/t18-,19-,20?,21-,24?/m0/s1. The Morgan fingerprint density at radius 2 is 1.92 bits per heavy atom. The molecule has 9 nitrogen and oxygen atoms in total. The summed E-state index contributed by atoms with van der Waals surface area (Å²) in [5, 5.41) is 22.0. The lowest BCUT2D eigenvalue weighted by molar-refractivity contribution is -0.132. The number of esters is 1. The number of piperazine rings is 1. The summed E-state index contributed by atoms with van der Waals surface area (Å²) in [4.78, 5) is 16.8. The van der Waals surface area contributed by atoms with Crippen molar-refractivity contribution in [3.63, 3.8) is 0 Å². The molecule has 4 aliphatic heterocycles. The molecule has 1 fully saturated rings. The topological polar surface area (TPSA) is 104 Å². The van der Waals surface area contributed by atoms with Gasteiger partial charge in [-0.15, -0.1) is 0 Å². The minimum atomic E-state index is -0.402. The molecule has 200 valence electrons. The van der Waals surface area contributed by atoms with Gasteiger partial charge in [-0.1, -0.05) is 13.0 Å². The van der Waals surface area contributed by atoms with Crippen LogP contribution in [0.25, 0.3) is 0 Å². The summed E-state index contributed by atoms with van der Waals surface area (Å²) in [5.74, 6) is 2.03. The fourth-order valence-electron chi connectivity index (χ4n) is 7.52. The third-order valence-corrected chi connectivity index (χ3v) is 8.90. The highest BCUT2D eigenvalue weighted by atomic mass is 16.7. The highest BCUT2D eigenvalue weighted by molar-refractivity contribution is 5.74. The van der Waals surface area contributed by atoms with Crippen molar-refractivity contribution in [1.82, 2.24) is 9.80 Å². The maximum absolute atomic E-state index is 12.2. The number of hydrogen-bond acceptors (Lipinski definition) is 9. The summed E-state index contributed by atoms with van der Waals surface area (Å²) < 4.78 is 23.3. The van der Waals surface area contributed by atoms with E-state index in [-0.39, 0.29) is 42.8 Å². The van der Waals surface area contributed by atoms with Gasteiger partial charge in [-0.25, -0.2) is 0 Å². The minimum absolute atomic E-state index is 0.0554. The van der Waals surface area contributed by atoms with Crippen LogP contribution < -0.4 is 18.9 Å². The quantitative estimate of drug-likeness (QED) is 0.478. The average Bonchev–Trinajstić information content (AvgIpc) is 3.36. The first-order valence-corrected chi connectivity index (χ1v) is 13.1. The summed E-state index contributed by atoms with van der Waals surface area (Å²) in [5.41, 5.74) is 5.35. The Labute approximate surface area is 222 Å². The largest absolute Gasteiger partial charge is 0.504 e. The van der Waals surface area contributed by atoms with Crippen molar-refractivity contribution in [1.29, 1.82) is 5.26 Å². The van der Waals surface area contributed by atoms with E-state index in [0.717, 1.165) is 39.8 Å². The number of fused-ring (bicyclic) bond motifs is 9. The first-order chi connectivity index (χ1) is 18.2. The second-order valence-corrected chi connectivity index (χ2v) is 10.8. The third kappa shape index (κ3) is 3.20. The molecule has 4 heterocycles. The Morgan fingerprint density at radius 1 is 1.18 bits per heavy atom. The first kappa shape index (κ1) is 24.8. The molecule has 0 amide bonds. The maximum atomic E-state index is 12.2. The molecule has 0 aromatic heterocycles. The molecule has 6 rings (SSSR count). The number of aromatic hydroxyl groups is 1. The molecule has 9 heteroatoms. The normalized spacial score (nSPS) is 27.1. The zero-order valence-electron chi connectivity index (χ0n) is 22.6. The van der Waals surface area contributed by atoms with Crippen LogP contribution in [0.2, 0.25) is 0 Å². The first-order valence-electron chi connectivity index (χ1n) is 13.1. The molecule has 0 saturated carbocycles. The number of rotatable bonds is 3. The Balaban J connectivity index is 1.62. The van der Waals surface area contributed by atoms with Gasteiger partial charge in [-0.2, -0.15) is 5.26 Å². The van der Waals surface area contributed by atoms with Crippen molar-refractivity contribution >= 4 is 5.97 Å². The van der Waals surface area contributed by atoms with Crippen LogP contribution in [0.5, 0.6) is 28.7 Å². The third-order valence-electron chi connectivity index (χ3n) is 8.90. The maximum Gasteiger partial charge on any atom is 0.308 e. The van der Waals surface area contributed by atoms with Gasteiger partial charge in [0.05, 0.1) is 19.2 Å². The number of benzene rings is 2. The SMILES string of the molecule is CC[C@H]1c2c(c(OC(C)=O)c(C)c3c2OCO3)CC2C3c4c(cc(C)c(OC)c4O)C[C@@H]([C@H](C#N)N21)N3C. The van der Waals surface area contributed by atoms with E-state index in [4.69, 9.17) is 18.9 Å². The summed E-state index contributed by atoms with van der Waals surface area (Å²) >= 11 is 0. The summed E-state index contributed by atoms with van der Waals surface area (Å²) in [7, 11) is 3.61. The molecule has 0 spiro atoms. The van der Waals surface area contributed by atoms with Gasteiger partial charge >= 0.3 is 5.97 Å². The number of carbonyl (C=O) groups is 1. The van der Waals surface area contributed by atoms with Crippen LogP contribution in [0.3, 0.4) is 0 Å². The van der Waals surface area contributed by atoms with Crippen LogP contribution in [0.4, 0.5) is 0 Å². The molecule has 2 aromatic carbocycles. The second kappa shape index (κ2) is 8.79. The number of phenols is 1. The highest BCUT2D eigenvalue weighted by Crippen LogP contribution is 2.58. The molecule has 0 radical (unpaired) electrons. The Morgan fingerprint density at radius 3 is 2.58 bits per heavy atom. The molecule has 2 unspecified atom stereocenters. The molecule has 0 aliphatic carbocycles. The van der Waals surface area contributed by atoms with Crippen LogP contribution in [-0.2, 0) is 17.6 Å². The van der Waals surface area contributed by atoms with Gasteiger partial charge in [0.1, 0.15) is 11.8 Å². The van der Waals surface area contributed by atoms with Crippen molar-refractivity contribution in [2.45, 2.75) is 77.2 Å². The van der Waals surface area contributed by atoms with E-state index in [9.17, 15) is 15.2 Å². The number of carbonyl (C=O) groups excluding carboxylic acids is 1. The lowest BCUT2D eigenvalue weighted by Crippen LogP contribution is -2.68. The molecule has 1 N–H and O–H groups in total. The fraction of sp³-hybridized carbons (Fsp3) is 0.517. The number of methoxy groups -OCH3 is 1. The van der Waals surface area contributed by atoms with Crippen LogP contribution in [0, 0.1) is 25.2 Å². The van der Waals surface area contributed by atoms with E-state index >= 15 is 0 Å². The number of likely N-dealkylation sites (N-methyl/N-ethyl adjacent to an activating group) is 1. The fourth-order valence-corrected chi connectivity index (χ4v) is 7.52. The lowest BCUT2D eigenvalue weighted by Gasteiger charge is -2.60. The van der Waals surface area contributed by atoms with Gasteiger partial charge in [0.2, 0.25) is 6.79 Å². The number of hydrogen-bond donors (Lipinski definition) is 1. The van der Waals surface area contributed by atoms with E-state index in [1.54, 1.807) is 7.11 Å². The molecular formula is C29H33N3O6. The summed E-state index contributed by atoms with van der Waals surface area (Å²) in [6.07, 6.45) is 1.88. The number of nitrogens with zero attached hydrogens (tertiary/aromatic N) is 3. The van der Waals surface area contributed by atoms with Gasteiger partial charge in [0.25, 0.3) is 0 Å². The van der Waals surface area contributed by atoms with Gasteiger partial charge < -0.3 is 24.1 Å². The Kier molecular flexibility index (Phi) is 5.74. The summed E-state index contributed by atoms with van der Waals surface area (Å²) in [6, 6.07) is 3.77. The number of ether oxygens (including phenoxy) is 4. The van der Waals surface area contributed by atoms with Crippen molar-refractivity contribution < 1.29 is 28.8 Å². The number of nitriles is 1. The van der Waals surface area contributed by atoms with Crippen molar-refractivity contribution in [2.24, 2.45) is 0 Å². The van der Waals surface area contributed by atoms with Gasteiger partial charge in [-0.05, 0) is 51.3 Å². The summed E-state index contributed by atoms with van der Waals surface area (Å²) in [6.45, 7) is 7.42. The number of aryl methyl sites for hydroxylation is 1. The van der Waals surface area contributed by atoms with Gasteiger partial charge in [-0.3, -0.25) is 14.6 Å². The van der Waals surface area contributed by atoms with Crippen LogP contribution >= 0.6 is 0 Å². The van der Waals surface area contributed by atoms with E-state index in [1.807, 2.05) is 20.9 Å². The molecule has 2 aromatic rings. The van der Waals surface area contributed by atoms with Crippen LogP contribution in [-0.4, -0.2) is 60.0 Å². The van der Waals surface area contributed by atoms with Crippen molar-refractivity contribution in [3.05, 3.63) is 39.4 Å².